The van der Waals surface area contributed by atoms with Gasteiger partial charge < -0.3 is 20.0 Å². The van der Waals surface area contributed by atoms with Gasteiger partial charge in [0.1, 0.15) is 23.5 Å². The van der Waals surface area contributed by atoms with Crippen molar-refractivity contribution in [3.05, 3.63) is 33.8 Å². The number of fused-ring (bicyclic) bond motifs is 1. The van der Waals surface area contributed by atoms with Crippen LogP contribution in [-0.4, -0.2) is 64.2 Å². The Labute approximate surface area is 212 Å². The van der Waals surface area contributed by atoms with E-state index >= 15 is 0 Å². The number of amides is 1. The van der Waals surface area contributed by atoms with E-state index in [4.69, 9.17) is 16.0 Å². The summed E-state index contributed by atoms with van der Waals surface area (Å²) in [4.78, 5) is 31.1. The molecule has 1 aliphatic carbocycles. The zero-order chi connectivity index (χ0) is 25.4. The molecular weight excluding hydrogens is 490 g/mol. The highest BCUT2D eigenvalue weighted by Gasteiger charge is 2.25. The van der Waals surface area contributed by atoms with E-state index in [1.54, 1.807) is 24.5 Å². The topological polar surface area (TPSA) is 128 Å². The summed E-state index contributed by atoms with van der Waals surface area (Å²) in [6, 6.07) is 5.31. The van der Waals surface area contributed by atoms with Gasteiger partial charge in [0.15, 0.2) is 0 Å². The lowest BCUT2D eigenvalue weighted by molar-refractivity contribution is -0.122. The minimum Gasteiger partial charge on any atom is -0.408 e. The molecule has 0 bridgehead atoms. The highest BCUT2D eigenvalue weighted by Crippen LogP contribution is 2.25. The van der Waals surface area contributed by atoms with Crippen molar-refractivity contribution >= 4 is 45.1 Å². The second-order valence-electron chi connectivity index (χ2n) is 9.15. The van der Waals surface area contributed by atoms with Crippen LogP contribution in [0, 0.1) is 17.2 Å². The molecule has 1 amide bonds. The number of hydrogen-bond acceptors (Lipinski definition) is 8. The van der Waals surface area contributed by atoms with Gasteiger partial charge in [-0.1, -0.05) is 30.9 Å². The maximum Gasteiger partial charge on any atom is 0.441 e. The third-order valence-electron chi connectivity index (χ3n) is 6.18. The molecule has 11 heteroatoms. The quantitative estimate of drug-likeness (QED) is 0.462. The number of carbonyl (C=O) groups excluding carboxylic acids is 1. The maximum atomic E-state index is 13.2. The predicted molar refractivity (Wildman–Crippen MR) is 138 cm³/mol. The monoisotopic (exact) mass is 521 g/mol. The minimum absolute atomic E-state index is 0.142. The van der Waals surface area contributed by atoms with Crippen LogP contribution in [0.15, 0.2) is 27.4 Å². The van der Waals surface area contributed by atoms with Crippen LogP contribution in [-0.2, 0) is 15.6 Å². The van der Waals surface area contributed by atoms with Crippen molar-refractivity contribution < 1.29 is 13.4 Å². The van der Waals surface area contributed by atoms with Gasteiger partial charge in [0.05, 0.1) is 11.5 Å². The van der Waals surface area contributed by atoms with E-state index in [0.717, 1.165) is 6.54 Å². The molecule has 2 aromatic rings. The Morgan fingerprint density at radius 3 is 2.80 bits per heavy atom. The number of nitriles is 1. The molecule has 1 heterocycles. The molecule has 9 nitrogen and oxygen atoms in total. The van der Waals surface area contributed by atoms with E-state index in [2.05, 4.69) is 26.6 Å². The van der Waals surface area contributed by atoms with Gasteiger partial charge in [0.25, 0.3) is 0 Å². The molecular formula is C24H32ClN5O4S. The van der Waals surface area contributed by atoms with Crippen molar-refractivity contribution in [2.75, 3.05) is 37.5 Å². The number of carbonyl (C=O) groups is 1. The zero-order valence-electron chi connectivity index (χ0n) is 20.1. The third kappa shape index (κ3) is 8.30. The summed E-state index contributed by atoms with van der Waals surface area (Å²) in [7, 11) is 0.823. The lowest BCUT2D eigenvalue weighted by atomic mass is 9.89. The van der Waals surface area contributed by atoms with E-state index in [1.807, 2.05) is 7.05 Å². The van der Waals surface area contributed by atoms with Crippen molar-refractivity contribution in [1.82, 2.24) is 15.2 Å². The van der Waals surface area contributed by atoms with Gasteiger partial charge in [-0.25, -0.2) is 4.79 Å². The lowest BCUT2D eigenvalue weighted by Gasteiger charge is -2.28. The maximum absolute atomic E-state index is 13.2. The lowest BCUT2D eigenvalue weighted by Crippen LogP contribution is -2.49. The van der Waals surface area contributed by atoms with E-state index < -0.39 is 34.5 Å². The van der Waals surface area contributed by atoms with Crippen molar-refractivity contribution in [2.24, 2.45) is 5.92 Å². The number of nitrogens with zero attached hydrogens (tertiary/aromatic N) is 3. The third-order valence-corrected chi connectivity index (χ3v) is 7.23. The smallest absolute Gasteiger partial charge is 0.408 e. The molecule has 1 saturated carbocycles. The van der Waals surface area contributed by atoms with Crippen LogP contribution < -0.4 is 16.4 Å². The second-order valence-corrected chi connectivity index (χ2v) is 11.1. The molecule has 3 rings (SSSR count). The Bertz CT molecular complexity index is 1140. The summed E-state index contributed by atoms with van der Waals surface area (Å²) >= 11 is 6.10. The number of halogens is 1. The molecule has 1 fully saturated rings. The first-order valence-corrected chi connectivity index (χ1v) is 13.9. The Kier molecular flexibility index (Phi) is 10.1. The van der Waals surface area contributed by atoms with Crippen LogP contribution in [0.25, 0.3) is 11.0 Å². The van der Waals surface area contributed by atoms with Gasteiger partial charge in [0.2, 0.25) is 5.91 Å². The summed E-state index contributed by atoms with van der Waals surface area (Å²) in [5, 5.41) is 16.3. The van der Waals surface area contributed by atoms with E-state index in [-0.39, 0.29) is 23.6 Å². The zero-order valence-corrected chi connectivity index (χ0v) is 21.7. The van der Waals surface area contributed by atoms with Crippen LogP contribution >= 0.6 is 11.6 Å². The Hall–Kier alpha value is -2.48. The van der Waals surface area contributed by atoms with Crippen molar-refractivity contribution in [3.63, 3.8) is 0 Å². The minimum atomic E-state index is -1.14. The Morgan fingerprint density at radius 1 is 1.37 bits per heavy atom. The van der Waals surface area contributed by atoms with Crippen molar-refractivity contribution in [3.8, 4) is 6.07 Å². The first kappa shape index (κ1) is 27.1. The van der Waals surface area contributed by atoms with E-state index in [9.17, 15) is 19.1 Å². The fourth-order valence-electron chi connectivity index (χ4n) is 4.46. The van der Waals surface area contributed by atoms with Crippen LogP contribution in [0.5, 0.6) is 0 Å². The molecule has 0 saturated heterocycles. The average molecular weight is 522 g/mol. The highest BCUT2D eigenvalue weighted by atomic mass is 35.5. The second kappa shape index (κ2) is 13.0. The molecule has 35 heavy (non-hydrogen) atoms. The highest BCUT2D eigenvalue weighted by molar-refractivity contribution is 7.84. The fourth-order valence-corrected chi connectivity index (χ4v) is 5.20. The van der Waals surface area contributed by atoms with Gasteiger partial charge in [-0.05, 0) is 50.4 Å². The van der Waals surface area contributed by atoms with Crippen LogP contribution in [0.4, 0.5) is 5.82 Å². The molecule has 190 valence electrons. The number of benzene rings is 1. The number of aromatic nitrogens is 1. The molecule has 3 unspecified atom stereocenters. The van der Waals surface area contributed by atoms with E-state index in [0.29, 0.717) is 22.9 Å². The molecule has 1 aromatic heterocycles. The predicted octanol–water partition coefficient (Wildman–Crippen LogP) is 2.91. The molecule has 3 atom stereocenters. The average Bonchev–Trinajstić information content (AvgIpc) is 2.81. The summed E-state index contributed by atoms with van der Waals surface area (Å²) in [6.07, 6.45) is 7.94. The van der Waals surface area contributed by atoms with Crippen LogP contribution in [0.3, 0.4) is 0 Å². The summed E-state index contributed by atoms with van der Waals surface area (Å²) < 4.78 is 16.9. The van der Waals surface area contributed by atoms with Crippen molar-refractivity contribution in [2.45, 2.75) is 50.6 Å². The SMILES string of the molecule is CN(CC1CCCCC1)CC(C#N)NC(=O)C(CCS(C)=O)Nc1nc(=O)oc2ccc(Cl)cc12. The standard InChI is InChI=1S/C24H32ClN5O4S/c1-30(14-16-6-4-3-5-7-16)15-18(13-26)27-23(31)20(10-11-35(2)33)28-22-19-12-17(25)8-9-21(19)34-24(32)29-22/h8-9,12,16,18,20H,3-7,10-11,14-15H2,1-2H3,(H,27,31)(H,28,29,32). The van der Waals surface area contributed by atoms with E-state index in [1.165, 1.54) is 32.1 Å². The molecule has 0 aliphatic heterocycles. The largest absolute Gasteiger partial charge is 0.441 e. The van der Waals surface area contributed by atoms with Gasteiger partial charge >= 0.3 is 5.76 Å². The number of anilines is 1. The number of likely N-dealkylation sites (N-methyl/N-ethyl adjacent to an activating group) is 1. The summed E-state index contributed by atoms with van der Waals surface area (Å²) in [5.41, 5.74) is 0.273. The van der Waals surface area contributed by atoms with Gasteiger partial charge in [-0.3, -0.25) is 9.00 Å². The number of rotatable bonds is 11. The molecule has 1 aromatic carbocycles. The normalized spacial score (nSPS) is 17.0. The fraction of sp³-hybridized carbons (Fsp3) is 0.583. The first-order chi connectivity index (χ1) is 16.7. The van der Waals surface area contributed by atoms with Gasteiger partial charge in [-0.2, -0.15) is 10.2 Å². The number of nitrogens with one attached hydrogen (secondary N) is 2. The first-order valence-electron chi connectivity index (χ1n) is 11.8. The summed E-state index contributed by atoms with van der Waals surface area (Å²) in [6.45, 7) is 1.29. The van der Waals surface area contributed by atoms with Gasteiger partial charge in [-0.15, -0.1) is 0 Å². The molecule has 0 spiro atoms. The van der Waals surface area contributed by atoms with Crippen molar-refractivity contribution in [1.29, 1.82) is 5.26 Å². The van der Waals surface area contributed by atoms with Crippen LogP contribution in [0.1, 0.15) is 38.5 Å². The Morgan fingerprint density at radius 2 is 2.11 bits per heavy atom. The number of hydrogen-bond donors (Lipinski definition) is 2. The van der Waals surface area contributed by atoms with Crippen LogP contribution in [0.2, 0.25) is 5.02 Å². The Balaban J connectivity index is 1.73. The molecule has 2 N–H and O–H groups in total. The summed E-state index contributed by atoms with van der Waals surface area (Å²) in [5.74, 6) is -0.236. The molecule has 1 aliphatic rings. The molecule has 0 radical (unpaired) electrons. The van der Waals surface area contributed by atoms with Gasteiger partial charge in [0, 0.05) is 40.9 Å².